The van der Waals surface area contributed by atoms with Crippen molar-refractivity contribution in [3.8, 4) is 0 Å². The summed E-state index contributed by atoms with van der Waals surface area (Å²) in [4.78, 5) is 11.6. The normalized spacial score (nSPS) is 11.4. The van der Waals surface area contributed by atoms with Gasteiger partial charge in [0.1, 0.15) is 0 Å². The number of rotatable bonds is 6. The van der Waals surface area contributed by atoms with Crippen molar-refractivity contribution in [1.29, 1.82) is 0 Å². The van der Waals surface area contributed by atoms with E-state index in [0.29, 0.717) is 6.61 Å². The van der Waals surface area contributed by atoms with Gasteiger partial charge in [0, 0.05) is 12.3 Å². The van der Waals surface area contributed by atoms with Crippen LogP contribution in [0.3, 0.4) is 0 Å². The summed E-state index contributed by atoms with van der Waals surface area (Å²) in [5.41, 5.74) is 4.07. The Morgan fingerprint density at radius 3 is 2.65 bits per heavy atom. The van der Waals surface area contributed by atoms with E-state index in [2.05, 4.69) is 5.32 Å². The number of hydrogen-bond acceptors (Lipinski definition) is 3. The fraction of sp³-hybridized carbons (Fsp3) is 0.462. The molecule has 0 aliphatic carbocycles. The molecule has 0 aliphatic rings. The van der Waals surface area contributed by atoms with Gasteiger partial charge in [-0.05, 0) is 24.6 Å². The van der Waals surface area contributed by atoms with Crippen LogP contribution in [0.15, 0.2) is 18.2 Å². The summed E-state index contributed by atoms with van der Waals surface area (Å²) in [5.74, 6) is -0.531. The van der Waals surface area contributed by atoms with E-state index in [1.165, 1.54) is 6.07 Å². The third-order valence-electron chi connectivity index (χ3n) is 2.45. The van der Waals surface area contributed by atoms with Gasteiger partial charge >= 0.3 is 6.18 Å². The molecule has 7 heteroatoms. The molecule has 1 rings (SSSR count). The molecule has 20 heavy (non-hydrogen) atoms. The van der Waals surface area contributed by atoms with Crippen LogP contribution in [0, 0.1) is 0 Å². The Kier molecular flexibility index (Phi) is 5.82. The quantitative estimate of drug-likeness (QED) is 0.625. The number of halogens is 3. The van der Waals surface area contributed by atoms with Crippen LogP contribution in [0.5, 0.6) is 0 Å². The lowest BCUT2D eigenvalue weighted by molar-refractivity contribution is -0.136. The second kappa shape index (κ2) is 7.14. The first-order valence-electron chi connectivity index (χ1n) is 6.19. The highest BCUT2D eigenvalue weighted by Gasteiger charge is 2.34. The number of anilines is 2. The van der Waals surface area contributed by atoms with Crippen LogP contribution in [0.25, 0.3) is 0 Å². The number of alkyl halides is 3. The Hall–Kier alpha value is -1.76. The van der Waals surface area contributed by atoms with Gasteiger partial charge in [-0.25, -0.2) is 0 Å². The number of amides is 1. The first-order valence-corrected chi connectivity index (χ1v) is 6.19. The summed E-state index contributed by atoms with van der Waals surface area (Å²) in [6.45, 7) is 2.61. The molecule has 0 radical (unpaired) electrons. The molecule has 0 spiro atoms. The zero-order valence-corrected chi connectivity index (χ0v) is 11.1. The van der Waals surface area contributed by atoms with Gasteiger partial charge in [0.05, 0.1) is 24.3 Å². The first-order chi connectivity index (χ1) is 9.34. The lowest BCUT2D eigenvalue weighted by Crippen LogP contribution is -2.18. The summed E-state index contributed by atoms with van der Waals surface area (Å²) in [5, 5.41) is 2.23. The third kappa shape index (κ3) is 5.08. The zero-order valence-electron chi connectivity index (χ0n) is 11.1. The average molecular weight is 290 g/mol. The molecule has 112 valence electrons. The van der Waals surface area contributed by atoms with Gasteiger partial charge in [-0.15, -0.1) is 0 Å². The van der Waals surface area contributed by atoms with E-state index in [4.69, 9.17) is 10.5 Å². The number of nitrogens with one attached hydrogen (secondary N) is 1. The Morgan fingerprint density at radius 1 is 1.35 bits per heavy atom. The number of nitrogens with two attached hydrogens (primary N) is 1. The summed E-state index contributed by atoms with van der Waals surface area (Å²) >= 11 is 0. The van der Waals surface area contributed by atoms with Crippen molar-refractivity contribution in [3.63, 3.8) is 0 Å². The number of hydrogen-bond donors (Lipinski definition) is 2. The lowest BCUT2D eigenvalue weighted by Gasteiger charge is -2.14. The van der Waals surface area contributed by atoms with Crippen molar-refractivity contribution >= 4 is 17.3 Å². The van der Waals surface area contributed by atoms with Crippen LogP contribution in [-0.4, -0.2) is 19.1 Å². The number of carbonyl (C=O) groups is 1. The highest BCUT2D eigenvalue weighted by Crippen LogP contribution is 2.36. The van der Waals surface area contributed by atoms with Crippen LogP contribution in [0.2, 0.25) is 0 Å². The molecule has 1 aromatic carbocycles. The highest BCUT2D eigenvalue weighted by atomic mass is 19.4. The largest absolute Gasteiger partial charge is 0.418 e. The molecule has 0 saturated heterocycles. The average Bonchev–Trinajstić information content (AvgIpc) is 2.35. The van der Waals surface area contributed by atoms with Gasteiger partial charge in [-0.2, -0.15) is 13.2 Å². The lowest BCUT2D eigenvalue weighted by atomic mass is 10.1. The molecule has 0 aliphatic heterocycles. The number of carbonyl (C=O) groups excluding carboxylic acids is 1. The smallest absolute Gasteiger partial charge is 0.399 e. The van der Waals surface area contributed by atoms with Gasteiger partial charge in [0.25, 0.3) is 0 Å². The van der Waals surface area contributed by atoms with Crippen LogP contribution in [0.4, 0.5) is 24.5 Å². The Labute approximate surface area is 115 Å². The fourth-order valence-electron chi connectivity index (χ4n) is 1.53. The molecule has 0 unspecified atom stereocenters. The maximum absolute atomic E-state index is 12.8. The molecule has 1 amide bonds. The molecule has 1 aromatic rings. The number of benzene rings is 1. The molecule has 0 bridgehead atoms. The van der Waals surface area contributed by atoms with E-state index in [1.807, 2.05) is 6.92 Å². The van der Waals surface area contributed by atoms with E-state index in [1.54, 1.807) is 0 Å². The van der Waals surface area contributed by atoms with E-state index in [9.17, 15) is 18.0 Å². The second-order valence-electron chi connectivity index (χ2n) is 4.21. The molecule has 0 fully saturated rings. The van der Waals surface area contributed by atoms with Crippen molar-refractivity contribution in [2.45, 2.75) is 25.9 Å². The van der Waals surface area contributed by atoms with Gasteiger partial charge in [0.2, 0.25) is 5.91 Å². The standard InChI is InChI=1S/C13H17F3N2O2/c1-2-6-20-7-5-12(19)18-11-4-3-9(17)8-10(11)13(14,15)16/h3-4,8H,2,5-7,17H2,1H3,(H,18,19). The van der Waals surface area contributed by atoms with E-state index >= 15 is 0 Å². The van der Waals surface area contributed by atoms with Crippen molar-refractivity contribution in [2.75, 3.05) is 24.3 Å². The molecule has 3 N–H and O–H groups in total. The van der Waals surface area contributed by atoms with Gasteiger partial charge in [-0.1, -0.05) is 6.92 Å². The van der Waals surface area contributed by atoms with Crippen LogP contribution in [-0.2, 0) is 15.7 Å². The van der Waals surface area contributed by atoms with Crippen LogP contribution < -0.4 is 11.1 Å². The van der Waals surface area contributed by atoms with Crippen molar-refractivity contribution in [3.05, 3.63) is 23.8 Å². The molecule has 0 aromatic heterocycles. The maximum atomic E-state index is 12.8. The Balaban J connectivity index is 2.70. The van der Waals surface area contributed by atoms with Gasteiger partial charge < -0.3 is 15.8 Å². The zero-order chi connectivity index (χ0) is 15.2. The van der Waals surface area contributed by atoms with Crippen LogP contribution in [0.1, 0.15) is 25.3 Å². The van der Waals surface area contributed by atoms with Gasteiger partial charge in [0.15, 0.2) is 0 Å². The second-order valence-corrected chi connectivity index (χ2v) is 4.21. The first kappa shape index (κ1) is 16.3. The van der Waals surface area contributed by atoms with Crippen LogP contribution >= 0.6 is 0 Å². The van der Waals surface area contributed by atoms with Crippen molar-refractivity contribution in [1.82, 2.24) is 0 Å². The predicted molar refractivity (Wildman–Crippen MR) is 70.2 cm³/mol. The fourth-order valence-corrected chi connectivity index (χ4v) is 1.53. The maximum Gasteiger partial charge on any atom is 0.418 e. The summed E-state index contributed by atoms with van der Waals surface area (Å²) < 4.78 is 43.5. The predicted octanol–water partition coefficient (Wildman–Crippen LogP) is 3.04. The van der Waals surface area contributed by atoms with E-state index in [0.717, 1.165) is 18.6 Å². The highest BCUT2D eigenvalue weighted by molar-refractivity contribution is 5.92. The summed E-state index contributed by atoms with van der Waals surface area (Å²) in [6.07, 6.45) is -3.75. The SMILES string of the molecule is CCCOCCC(=O)Nc1ccc(N)cc1C(F)(F)F. The Bertz CT molecular complexity index is 461. The van der Waals surface area contributed by atoms with Crippen molar-refractivity contribution in [2.24, 2.45) is 0 Å². The Morgan fingerprint density at radius 2 is 2.05 bits per heavy atom. The minimum absolute atomic E-state index is 0.00166. The van der Waals surface area contributed by atoms with Crippen molar-refractivity contribution < 1.29 is 22.7 Å². The topological polar surface area (TPSA) is 64.3 Å². The molecule has 4 nitrogen and oxygen atoms in total. The molecular weight excluding hydrogens is 273 g/mol. The van der Waals surface area contributed by atoms with Gasteiger partial charge in [-0.3, -0.25) is 4.79 Å². The minimum Gasteiger partial charge on any atom is -0.399 e. The molecular formula is C13H17F3N2O2. The van der Waals surface area contributed by atoms with E-state index in [-0.39, 0.29) is 24.4 Å². The third-order valence-corrected chi connectivity index (χ3v) is 2.45. The summed E-state index contributed by atoms with van der Waals surface area (Å²) in [6, 6.07) is 3.24. The molecule has 0 saturated carbocycles. The number of ether oxygens (including phenoxy) is 1. The monoisotopic (exact) mass is 290 g/mol. The molecule has 0 atom stereocenters. The molecule has 0 heterocycles. The minimum atomic E-state index is -4.57. The van der Waals surface area contributed by atoms with E-state index < -0.39 is 17.6 Å². The number of nitrogen functional groups attached to an aromatic ring is 1. The summed E-state index contributed by atoms with van der Waals surface area (Å²) in [7, 11) is 0.